The van der Waals surface area contributed by atoms with Gasteiger partial charge in [0.1, 0.15) is 48.8 Å². The van der Waals surface area contributed by atoms with Crippen LogP contribution in [0.25, 0.3) is 0 Å². The summed E-state index contributed by atoms with van der Waals surface area (Å²) in [4.78, 5) is 12.9. The lowest BCUT2D eigenvalue weighted by atomic mass is 9.97. The van der Waals surface area contributed by atoms with Crippen LogP contribution in [0.15, 0.2) is 0 Å². The van der Waals surface area contributed by atoms with Crippen LogP contribution in [0.2, 0.25) is 0 Å². The van der Waals surface area contributed by atoms with Gasteiger partial charge in [-0.05, 0) is 12.8 Å². The van der Waals surface area contributed by atoms with E-state index in [0.717, 1.165) is 44.9 Å². The molecule has 14 nitrogen and oxygen atoms in total. The molecule has 12 atom stereocenters. The molecule has 0 aromatic heterocycles. The number of nitrogens with one attached hydrogen (secondary N) is 1. The lowest BCUT2D eigenvalue weighted by Crippen LogP contribution is -2.65. The zero-order valence-corrected chi connectivity index (χ0v) is 29.7. The standard InChI is InChI=1S/C35H67NO13/c1-3-5-7-8-9-10-11-12-13-14-15-17-19-27(40)36-23(24(39)18-16-6-4-2)22-46-34-32(45)30(43)33(26(21-38)48-34)49-35-31(44)29(42)28(41)25(20-37)47-35/h23-26,28-35,37-39,41-45H,3-22H2,1-2H3,(H,36,40). The smallest absolute Gasteiger partial charge is 0.220 e. The van der Waals surface area contributed by atoms with E-state index in [0.29, 0.717) is 12.8 Å². The Balaban J connectivity index is 1.86. The molecule has 49 heavy (non-hydrogen) atoms. The maximum absolute atomic E-state index is 12.9. The highest BCUT2D eigenvalue weighted by Gasteiger charge is 2.50. The van der Waals surface area contributed by atoms with E-state index in [9.17, 15) is 45.6 Å². The van der Waals surface area contributed by atoms with Crippen molar-refractivity contribution in [2.45, 2.75) is 197 Å². The van der Waals surface area contributed by atoms with Gasteiger partial charge in [-0.25, -0.2) is 0 Å². The molecule has 0 aliphatic carbocycles. The normalized spacial score (nSPS) is 31.8. The third kappa shape index (κ3) is 15.2. The molecule has 0 spiro atoms. The number of hydrogen-bond donors (Lipinski definition) is 9. The van der Waals surface area contributed by atoms with Crippen LogP contribution in [0.3, 0.4) is 0 Å². The van der Waals surface area contributed by atoms with E-state index < -0.39 is 86.8 Å². The Morgan fingerprint density at radius 3 is 1.73 bits per heavy atom. The summed E-state index contributed by atoms with van der Waals surface area (Å²) in [5.41, 5.74) is 0. The van der Waals surface area contributed by atoms with Gasteiger partial charge in [0.25, 0.3) is 0 Å². The van der Waals surface area contributed by atoms with Crippen molar-refractivity contribution in [1.29, 1.82) is 0 Å². The molecule has 2 fully saturated rings. The Bertz CT molecular complexity index is 852. The molecular weight excluding hydrogens is 642 g/mol. The number of carbonyl (C=O) groups is 1. The van der Waals surface area contributed by atoms with Gasteiger partial charge in [0.05, 0.1) is 32.0 Å². The summed E-state index contributed by atoms with van der Waals surface area (Å²) in [6.07, 6.45) is 0.896. The highest BCUT2D eigenvalue weighted by molar-refractivity contribution is 5.76. The fourth-order valence-corrected chi connectivity index (χ4v) is 6.35. The fourth-order valence-electron chi connectivity index (χ4n) is 6.35. The Labute approximate surface area is 292 Å². The van der Waals surface area contributed by atoms with Crippen molar-refractivity contribution >= 4 is 5.91 Å². The van der Waals surface area contributed by atoms with Crippen LogP contribution in [0.1, 0.15) is 123 Å². The van der Waals surface area contributed by atoms with Gasteiger partial charge < -0.3 is 65.1 Å². The number of unbranched alkanes of at least 4 members (excludes halogenated alkanes) is 13. The summed E-state index contributed by atoms with van der Waals surface area (Å²) in [6, 6.07) is -0.815. The third-order valence-electron chi connectivity index (χ3n) is 9.57. The number of amides is 1. The van der Waals surface area contributed by atoms with E-state index in [1.54, 1.807) is 0 Å². The van der Waals surface area contributed by atoms with E-state index in [1.165, 1.54) is 51.4 Å². The molecule has 0 bridgehead atoms. The van der Waals surface area contributed by atoms with Gasteiger partial charge in [-0.2, -0.15) is 0 Å². The van der Waals surface area contributed by atoms with Gasteiger partial charge in [0.2, 0.25) is 5.91 Å². The zero-order chi connectivity index (χ0) is 36.2. The second kappa shape index (κ2) is 25.0. The average Bonchev–Trinajstić information content (AvgIpc) is 3.09. The lowest BCUT2D eigenvalue weighted by Gasteiger charge is -2.46. The molecule has 2 aliphatic heterocycles. The average molecular weight is 710 g/mol. The number of hydrogen-bond acceptors (Lipinski definition) is 13. The molecule has 12 unspecified atom stereocenters. The minimum atomic E-state index is -1.77. The first-order valence-electron chi connectivity index (χ1n) is 18.8. The van der Waals surface area contributed by atoms with Crippen molar-refractivity contribution in [1.82, 2.24) is 5.32 Å². The second-order valence-corrected chi connectivity index (χ2v) is 13.7. The molecule has 290 valence electrons. The van der Waals surface area contributed by atoms with Crippen molar-refractivity contribution in [2.75, 3.05) is 19.8 Å². The number of rotatable bonds is 26. The number of aliphatic hydroxyl groups excluding tert-OH is 8. The van der Waals surface area contributed by atoms with E-state index in [-0.39, 0.29) is 12.5 Å². The maximum Gasteiger partial charge on any atom is 0.220 e. The first-order valence-corrected chi connectivity index (χ1v) is 18.8. The molecule has 2 saturated heterocycles. The topological polar surface area (TPSA) is 228 Å². The van der Waals surface area contributed by atoms with Gasteiger partial charge in [0.15, 0.2) is 12.6 Å². The molecule has 1 amide bonds. The molecule has 0 aromatic carbocycles. The monoisotopic (exact) mass is 709 g/mol. The fraction of sp³-hybridized carbons (Fsp3) is 0.971. The Hall–Kier alpha value is -1.01. The van der Waals surface area contributed by atoms with Crippen LogP contribution in [-0.4, -0.2) is 140 Å². The predicted molar refractivity (Wildman–Crippen MR) is 180 cm³/mol. The molecule has 2 aliphatic rings. The van der Waals surface area contributed by atoms with Gasteiger partial charge in [0, 0.05) is 6.42 Å². The Kier molecular flexibility index (Phi) is 22.6. The molecule has 0 saturated carbocycles. The van der Waals surface area contributed by atoms with Crippen LogP contribution in [0.5, 0.6) is 0 Å². The van der Waals surface area contributed by atoms with E-state index in [2.05, 4.69) is 12.2 Å². The number of carbonyl (C=O) groups excluding carboxylic acids is 1. The van der Waals surface area contributed by atoms with Gasteiger partial charge in [-0.1, -0.05) is 104 Å². The van der Waals surface area contributed by atoms with Crippen molar-refractivity contribution < 1.29 is 64.6 Å². The van der Waals surface area contributed by atoms with Gasteiger partial charge in [-0.3, -0.25) is 4.79 Å². The van der Waals surface area contributed by atoms with Crippen molar-refractivity contribution in [3.8, 4) is 0 Å². The predicted octanol–water partition coefficient (Wildman–Crippen LogP) is 1.14. The molecule has 14 heteroatoms. The second-order valence-electron chi connectivity index (χ2n) is 13.7. The van der Waals surface area contributed by atoms with Crippen LogP contribution in [0, 0.1) is 0 Å². The van der Waals surface area contributed by atoms with Crippen molar-refractivity contribution in [3.05, 3.63) is 0 Å². The highest BCUT2D eigenvalue weighted by Crippen LogP contribution is 2.30. The minimum Gasteiger partial charge on any atom is -0.394 e. The molecule has 2 rings (SSSR count). The first kappa shape index (κ1) is 44.2. The van der Waals surface area contributed by atoms with Gasteiger partial charge >= 0.3 is 0 Å². The molecular formula is C35H67NO13. The zero-order valence-electron chi connectivity index (χ0n) is 29.7. The van der Waals surface area contributed by atoms with Crippen molar-refractivity contribution in [3.63, 3.8) is 0 Å². The van der Waals surface area contributed by atoms with Crippen LogP contribution >= 0.6 is 0 Å². The largest absolute Gasteiger partial charge is 0.394 e. The van der Waals surface area contributed by atoms with Crippen LogP contribution < -0.4 is 5.32 Å². The quantitative estimate of drug-likeness (QED) is 0.0575. The lowest BCUT2D eigenvalue weighted by molar-refractivity contribution is -0.359. The minimum absolute atomic E-state index is 0.221. The van der Waals surface area contributed by atoms with E-state index in [4.69, 9.17) is 18.9 Å². The summed E-state index contributed by atoms with van der Waals surface area (Å²) in [6.45, 7) is 2.62. The third-order valence-corrected chi connectivity index (χ3v) is 9.57. The Morgan fingerprint density at radius 2 is 1.16 bits per heavy atom. The summed E-state index contributed by atoms with van der Waals surface area (Å²) < 4.78 is 22.4. The van der Waals surface area contributed by atoms with Crippen LogP contribution in [0.4, 0.5) is 0 Å². The number of aliphatic hydroxyl groups is 8. The summed E-state index contributed by atoms with van der Waals surface area (Å²) in [7, 11) is 0. The SMILES string of the molecule is CCCCCCCCCCCCCCC(=O)NC(COC1OC(CO)C(OC2OC(CO)C(O)C(O)C2O)C(O)C1O)C(O)CCCCC. The molecule has 9 N–H and O–H groups in total. The number of ether oxygens (including phenoxy) is 4. The molecule has 0 aromatic rings. The van der Waals surface area contributed by atoms with Crippen molar-refractivity contribution in [2.24, 2.45) is 0 Å². The summed E-state index contributed by atoms with van der Waals surface area (Å²) >= 11 is 0. The highest BCUT2D eigenvalue weighted by atomic mass is 16.7. The van der Waals surface area contributed by atoms with E-state index >= 15 is 0 Å². The maximum atomic E-state index is 12.9. The summed E-state index contributed by atoms with van der Waals surface area (Å²) in [5.74, 6) is -0.221. The van der Waals surface area contributed by atoms with E-state index in [1.807, 2.05) is 6.92 Å². The van der Waals surface area contributed by atoms with Crippen LogP contribution in [-0.2, 0) is 23.7 Å². The first-order chi connectivity index (χ1) is 23.6. The van der Waals surface area contributed by atoms with Gasteiger partial charge in [-0.15, -0.1) is 0 Å². The summed E-state index contributed by atoms with van der Waals surface area (Å²) in [5, 5.41) is 85.4. The Morgan fingerprint density at radius 1 is 0.653 bits per heavy atom. The molecule has 0 radical (unpaired) electrons. The molecule has 2 heterocycles.